The van der Waals surface area contributed by atoms with Crippen LogP contribution in [0.15, 0.2) is 18.3 Å². The first-order valence-corrected chi connectivity index (χ1v) is 21.8. The van der Waals surface area contributed by atoms with Crippen molar-refractivity contribution in [2.75, 3.05) is 39.8 Å². The van der Waals surface area contributed by atoms with Gasteiger partial charge in [-0.1, -0.05) is 62.3 Å². The predicted molar refractivity (Wildman–Crippen MR) is 208 cm³/mol. The van der Waals surface area contributed by atoms with Crippen LogP contribution in [0.5, 0.6) is 0 Å². The molecule has 3 saturated carbocycles. The normalized spacial score (nSPS) is 27.4. The first kappa shape index (κ1) is 40.5. The summed E-state index contributed by atoms with van der Waals surface area (Å²) in [6.45, 7) is 1.92. The van der Waals surface area contributed by atoms with Gasteiger partial charge in [0.15, 0.2) is 0 Å². The maximum atomic E-state index is 13.8. The fraction of sp³-hybridized carbons (Fsp3) is 0.786. The Hall–Kier alpha value is -3.65. The van der Waals surface area contributed by atoms with Gasteiger partial charge in [-0.2, -0.15) is 0 Å². The number of aliphatic hydroxyl groups is 1. The van der Waals surface area contributed by atoms with Gasteiger partial charge in [0.2, 0.25) is 29.5 Å². The number of hydrogen-bond acceptors (Lipinski definition) is 9. The topological polar surface area (TPSA) is 170 Å². The van der Waals surface area contributed by atoms with Crippen molar-refractivity contribution >= 4 is 29.5 Å². The van der Waals surface area contributed by atoms with Crippen LogP contribution in [0.4, 0.5) is 0 Å². The zero-order chi connectivity index (χ0) is 39.3. The summed E-state index contributed by atoms with van der Waals surface area (Å²) in [6.07, 6.45) is 23.0. The number of nitrogens with zero attached hydrogens (tertiary/aromatic N) is 6. The summed E-state index contributed by atoms with van der Waals surface area (Å²) in [5, 5.41) is 23.7. The number of rotatable bonds is 18. The second-order valence-corrected chi connectivity index (χ2v) is 17.7. The van der Waals surface area contributed by atoms with Crippen LogP contribution >= 0.6 is 0 Å². The molecule has 7 rings (SSSR count). The molecule has 14 nitrogen and oxygen atoms in total. The van der Waals surface area contributed by atoms with Crippen LogP contribution in [0.2, 0.25) is 0 Å². The molecule has 1 unspecified atom stereocenters. The maximum absolute atomic E-state index is 13.8. The molecule has 1 aromatic heterocycles. The standard InChI is InChI=1S/C42H64N8O6/c1-47-41(16-6-3-7-17-41)27-33(42(47)18-8-4-9-19-42)38(54)44-20-11-22-49-29-32(45-46-49)28-48(24-15-34(52)43-21-25-51)35(53)12-5-2-10-23-50-39(55)36-30-13-14-31(26-30)37(36)40(50)56/h13-14,29-31,33,36-37,51H,2-12,15-28H2,1H3,(H,43,52)(H,44,54)/t30-,31+,33?,36+,37-. The van der Waals surface area contributed by atoms with E-state index in [2.05, 4.69) is 45.0 Å². The van der Waals surface area contributed by atoms with Crippen molar-refractivity contribution in [3.63, 3.8) is 0 Å². The van der Waals surface area contributed by atoms with Gasteiger partial charge >= 0.3 is 0 Å². The number of likely N-dealkylation sites (tertiary alicyclic amines) is 2. The number of allylic oxidation sites excluding steroid dienone is 2. The Kier molecular flexibility index (Phi) is 12.9. The molecule has 5 amide bonds. The Balaban J connectivity index is 0.866. The number of imide groups is 1. The van der Waals surface area contributed by atoms with Crippen LogP contribution in [0.25, 0.3) is 0 Å². The molecular formula is C42H64N8O6. The van der Waals surface area contributed by atoms with E-state index in [1.165, 1.54) is 56.3 Å². The highest BCUT2D eigenvalue weighted by atomic mass is 16.3. The van der Waals surface area contributed by atoms with Crippen LogP contribution in [-0.4, -0.2) is 115 Å². The summed E-state index contributed by atoms with van der Waals surface area (Å²) in [4.78, 5) is 71.4. The minimum atomic E-state index is -0.247. The molecule has 0 radical (unpaired) electrons. The Bertz CT molecular complexity index is 1580. The number of aromatic nitrogens is 3. The van der Waals surface area contributed by atoms with Gasteiger partial charge in [0.05, 0.1) is 37.1 Å². The van der Waals surface area contributed by atoms with Gasteiger partial charge in [-0.25, -0.2) is 0 Å². The van der Waals surface area contributed by atoms with E-state index in [1.807, 2.05) is 6.20 Å². The molecular weight excluding hydrogens is 713 g/mol. The average Bonchev–Trinajstić information content (AvgIpc) is 4.04. The lowest BCUT2D eigenvalue weighted by molar-refractivity contribution is -0.141. The Morgan fingerprint density at radius 2 is 1.55 bits per heavy atom. The van der Waals surface area contributed by atoms with Gasteiger partial charge < -0.3 is 20.6 Å². The third-order valence-electron chi connectivity index (χ3n) is 14.5. The molecule has 6 aliphatic rings. The van der Waals surface area contributed by atoms with E-state index in [9.17, 15) is 24.0 Å². The van der Waals surface area contributed by atoms with Crippen LogP contribution in [0, 0.1) is 29.6 Å². The summed E-state index contributed by atoms with van der Waals surface area (Å²) in [7, 11) is 2.31. The van der Waals surface area contributed by atoms with Crippen molar-refractivity contribution in [2.24, 2.45) is 29.6 Å². The van der Waals surface area contributed by atoms with Gasteiger partial charge in [0.25, 0.3) is 0 Å². The molecule has 2 aliphatic heterocycles. The smallest absolute Gasteiger partial charge is 0.233 e. The number of carbonyl (C=O) groups is 5. The Labute approximate surface area is 331 Å². The lowest BCUT2D eigenvalue weighted by Gasteiger charge is -2.49. The lowest BCUT2D eigenvalue weighted by atomic mass is 9.72. The second kappa shape index (κ2) is 17.9. The van der Waals surface area contributed by atoms with Gasteiger partial charge in [-0.05, 0) is 76.7 Å². The minimum absolute atomic E-state index is 0.0190. The highest BCUT2D eigenvalue weighted by Crippen LogP contribution is 2.56. The number of nitrogens with one attached hydrogen (secondary N) is 2. The van der Waals surface area contributed by atoms with E-state index in [0.29, 0.717) is 51.0 Å². The Morgan fingerprint density at radius 1 is 0.857 bits per heavy atom. The molecule has 1 aromatic rings. The summed E-state index contributed by atoms with van der Waals surface area (Å²) < 4.78 is 1.75. The SMILES string of the molecule is CN1C2(CCCCC2)CC(C(=O)NCCCn2cc(CN(CCC(=O)NCCO)C(=O)CCCCCN3C(=O)[C@@H]4[C@H](C3=O)[C@H]3C=C[C@@H]4C3)nn2)C12CCCCC2. The van der Waals surface area contributed by atoms with Crippen LogP contribution in [-0.2, 0) is 37.1 Å². The molecule has 0 aromatic carbocycles. The van der Waals surface area contributed by atoms with E-state index in [0.717, 1.165) is 25.7 Å². The summed E-state index contributed by atoms with van der Waals surface area (Å²) in [5.41, 5.74) is 0.764. The molecule has 2 spiro atoms. The van der Waals surface area contributed by atoms with E-state index >= 15 is 0 Å². The summed E-state index contributed by atoms with van der Waals surface area (Å²) >= 11 is 0. The molecule has 2 saturated heterocycles. The molecule has 14 heteroatoms. The first-order chi connectivity index (χ1) is 27.2. The molecule has 56 heavy (non-hydrogen) atoms. The van der Waals surface area contributed by atoms with Gasteiger partial charge in [-0.15, -0.1) is 5.10 Å². The zero-order valence-electron chi connectivity index (χ0n) is 33.5. The molecule has 2 bridgehead atoms. The second-order valence-electron chi connectivity index (χ2n) is 17.7. The number of aryl methyl sites for hydroxylation is 1. The lowest BCUT2D eigenvalue weighted by Crippen LogP contribution is -2.56. The van der Waals surface area contributed by atoms with Crippen LogP contribution < -0.4 is 10.6 Å². The molecule has 5 atom stereocenters. The third-order valence-corrected chi connectivity index (χ3v) is 14.5. The molecule has 308 valence electrons. The monoisotopic (exact) mass is 776 g/mol. The van der Waals surface area contributed by atoms with Crippen molar-refractivity contribution in [1.29, 1.82) is 0 Å². The van der Waals surface area contributed by atoms with Crippen LogP contribution in [0.1, 0.15) is 121 Å². The molecule has 4 aliphatic carbocycles. The molecule has 5 fully saturated rings. The number of unbranched alkanes of at least 4 members (excludes halogenated alkanes) is 2. The van der Waals surface area contributed by atoms with Crippen LogP contribution in [0.3, 0.4) is 0 Å². The molecule has 3 heterocycles. The largest absolute Gasteiger partial charge is 0.395 e. The van der Waals surface area contributed by atoms with Gasteiger partial charge in [0, 0.05) is 56.6 Å². The van der Waals surface area contributed by atoms with E-state index in [1.54, 1.807) is 9.58 Å². The number of carbonyl (C=O) groups excluding carboxylic acids is 5. The number of fused-ring (bicyclic) bond motifs is 5. The maximum Gasteiger partial charge on any atom is 0.233 e. The summed E-state index contributed by atoms with van der Waals surface area (Å²) in [5.74, 6) is -0.173. The minimum Gasteiger partial charge on any atom is -0.395 e. The van der Waals surface area contributed by atoms with Crippen molar-refractivity contribution < 1.29 is 29.1 Å². The predicted octanol–water partition coefficient (Wildman–Crippen LogP) is 3.34. The van der Waals surface area contributed by atoms with Gasteiger partial charge in [0.1, 0.15) is 5.69 Å². The third kappa shape index (κ3) is 8.33. The van der Waals surface area contributed by atoms with Crippen molar-refractivity contribution in [3.05, 3.63) is 24.0 Å². The Morgan fingerprint density at radius 3 is 2.25 bits per heavy atom. The fourth-order valence-electron chi connectivity index (χ4n) is 11.5. The average molecular weight is 777 g/mol. The summed E-state index contributed by atoms with van der Waals surface area (Å²) in [6, 6.07) is 0. The van der Waals surface area contributed by atoms with Crippen molar-refractivity contribution in [3.8, 4) is 0 Å². The van der Waals surface area contributed by atoms with Crippen molar-refractivity contribution in [1.82, 2.24) is 40.3 Å². The highest BCUT2D eigenvalue weighted by molar-refractivity contribution is 6.06. The number of amides is 5. The van der Waals surface area contributed by atoms with E-state index in [-0.39, 0.29) is 109 Å². The number of hydrogen-bond donors (Lipinski definition) is 3. The molecule has 3 N–H and O–H groups in total. The van der Waals surface area contributed by atoms with Gasteiger partial charge in [-0.3, -0.25) is 38.5 Å². The zero-order valence-corrected chi connectivity index (χ0v) is 33.5. The fourth-order valence-corrected chi connectivity index (χ4v) is 11.5. The van der Waals surface area contributed by atoms with E-state index in [4.69, 9.17) is 5.11 Å². The quantitative estimate of drug-likeness (QED) is 0.115. The highest BCUT2D eigenvalue weighted by Gasteiger charge is 2.61. The van der Waals surface area contributed by atoms with Crippen molar-refractivity contribution in [2.45, 2.75) is 140 Å². The van der Waals surface area contributed by atoms with E-state index < -0.39 is 0 Å². The first-order valence-electron chi connectivity index (χ1n) is 21.8. The number of aliphatic hydroxyl groups excluding tert-OH is 1.